The lowest BCUT2D eigenvalue weighted by Gasteiger charge is -1.99. The molecular weight excluding hydrogens is 266 g/mol. The number of carboxylic acids is 1. The van der Waals surface area contributed by atoms with Gasteiger partial charge in [0.15, 0.2) is 0 Å². The molecule has 1 heterocycles. The van der Waals surface area contributed by atoms with Crippen molar-refractivity contribution in [2.75, 3.05) is 5.73 Å². The first-order valence-corrected chi connectivity index (χ1v) is 5.41. The van der Waals surface area contributed by atoms with Crippen molar-refractivity contribution in [2.24, 2.45) is 0 Å². The number of thiophene rings is 1. The van der Waals surface area contributed by atoms with Gasteiger partial charge in [0.05, 0.1) is 15.3 Å². The SMILES string of the molecule is Nc1cc2ccc(Br)c(C(=O)O)c2s1. The number of hydrogen-bond acceptors (Lipinski definition) is 3. The van der Waals surface area contributed by atoms with Gasteiger partial charge in [-0.2, -0.15) is 0 Å². The van der Waals surface area contributed by atoms with Crippen molar-refractivity contribution < 1.29 is 9.90 Å². The van der Waals surface area contributed by atoms with Crippen molar-refractivity contribution in [3.63, 3.8) is 0 Å². The molecule has 0 fully saturated rings. The number of halogens is 1. The second-order valence-electron chi connectivity index (χ2n) is 2.79. The van der Waals surface area contributed by atoms with Crippen LogP contribution in [0.4, 0.5) is 5.00 Å². The summed E-state index contributed by atoms with van der Waals surface area (Å²) in [6.45, 7) is 0. The van der Waals surface area contributed by atoms with Crippen molar-refractivity contribution in [2.45, 2.75) is 0 Å². The molecule has 0 saturated carbocycles. The topological polar surface area (TPSA) is 63.3 Å². The highest BCUT2D eigenvalue weighted by Crippen LogP contribution is 2.34. The number of rotatable bonds is 1. The number of carbonyl (C=O) groups is 1. The molecule has 0 amide bonds. The Morgan fingerprint density at radius 3 is 2.86 bits per heavy atom. The van der Waals surface area contributed by atoms with E-state index in [1.54, 1.807) is 12.1 Å². The molecule has 0 aliphatic rings. The van der Waals surface area contributed by atoms with Crippen LogP contribution in [0.3, 0.4) is 0 Å². The zero-order valence-electron chi connectivity index (χ0n) is 6.95. The molecule has 1 aromatic carbocycles. The summed E-state index contributed by atoms with van der Waals surface area (Å²) in [5.74, 6) is -0.940. The van der Waals surface area contributed by atoms with Crippen LogP contribution in [-0.4, -0.2) is 11.1 Å². The number of anilines is 1. The zero-order valence-corrected chi connectivity index (χ0v) is 9.35. The number of aromatic carboxylic acids is 1. The second-order valence-corrected chi connectivity index (χ2v) is 4.73. The van der Waals surface area contributed by atoms with Crippen molar-refractivity contribution in [3.8, 4) is 0 Å². The number of carboxylic acid groups (broad SMARTS) is 1. The summed E-state index contributed by atoms with van der Waals surface area (Å²) in [7, 11) is 0. The summed E-state index contributed by atoms with van der Waals surface area (Å²) < 4.78 is 1.30. The Morgan fingerprint density at radius 2 is 2.21 bits per heavy atom. The fourth-order valence-corrected chi connectivity index (χ4v) is 2.90. The molecule has 0 bridgehead atoms. The molecule has 2 aromatic rings. The molecular formula is C9H6BrNO2S. The highest BCUT2D eigenvalue weighted by Gasteiger charge is 2.14. The molecule has 0 spiro atoms. The Hall–Kier alpha value is -1.07. The summed E-state index contributed by atoms with van der Waals surface area (Å²) in [4.78, 5) is 11.0. The number of hydrogen-bond donors (Lipinski definition) is 2. The van der Waals surface area contributed by atoms with E-state index in [1.807, 2.05) is 6.07 Å². The van der Waals surface area contributed by atoms with Crippen molar-refractivity contribution in [3.05, 3.63) is 28.2 Å². The van der Waals surface area contributed by atoms with E-state index in [4.69, 9.17) is 10.8 Å². The Balaban J connectivity index is 2.88. The molecule has 3 nitrogen and oxygen atoms in total. The van der Waals surface area contributed by atoms with Gasteiger partial charge in [-0.1, -0.05) is 6.07 Å². The lowest BCUT2D eigenvalue weighted by molar-refractivity contribution is 0.0698. The van der Waals surface area contributed by atoms with Crippen LogP contribution >= 0.6 is 27.3 Å². The monoisotopic (exact) mass is 271 g/mol. The second kappa shape index (κ2) is 3.25. The number of nitrogens with two attached hydrogens (primary N) is 1. The molecule has 0 aliphatic carbocycles. The smallest absolute Gasteiger partial charge is 0.338 e. The average Bonchev–Trinajstić information content (AvgIpc) is 2.43. The van der Waals surface area contributed by atoms with Gasteiger partial charge in [-0.25, -0.2) is 4.79 Å². The molecule has 0 aliphatic heterocycles. The molecule has 14 heavy (non-hydrogen) atoms. The molecule has 0 radical (unpaired) electrons. The first-order valence-electron chi connectivity index (χ1n) is 3.80. The quantitative estimate of drug-likeness (QED) is 0.838. The molecule has 0 atom stereocenters. The normalized spacial score (nSPS) is 10.6. The Kier molecular flexibility index (Phi) is 2.20. The third-order valence-electron chi connectivity index (χ3n) is 1.87. The van der Waals surface area contributed by atoms with Crippen LogP contribution in [0.5, 0.6) is 0 Å². The molecule has 0 unspecified atom stereocenters. The molecule has 3 N–H and O–H groups in total. The van der Waals surface area contributed by atoms with Gasteiger partial charge in [0.25, 0.3) is 0 Å². The van der Waals surface area contributed by atoms with Gasteiger partial charge in [0, 0.05) is 4.47 Å². The van der Waals surface area contributed by atoms with Gasteiger partial charge in [-0.3, -0.25) is 0 Å². The minimum atomic E-state index is -0.940. The Morgan fingerprint density at radius 1 is 1.50 bits per heavy atom. The average molecular weight is 272 g/mol. The van der Waals surface area contributed by atoms with Crippen LogP contribution in [-0.2, 0) is 0 Å². The molecule has 5 heteroatoms. The van der Waals surface area contributed by atoms with Crippen LogP contribution in [0.25, 0.3) is 10.1 Å². The highest BCUT2D eigenvalue weighted by atomic mass is 79.9. The fourth-order valence-electron chi connectivity index (χ4n) is 1.30. The fraction of sp³-hybridized carbons (Fsp3) is 0. The number of nitrogen functional groups attached to an aromatic ring is 1. The maximum absolute atomic E-state index is 11.0. The predicted octanol–water partition coefficient (Wildman–Crippen LogP) is 2.94. The van der Waals surface area contributed by atoms with Crippen molar-refractivity contribution in [1.29, 1.82) is 0 Å². The van der Waals surface area contributed by atoms with Gasteiger partial charge in [0.2, 0.25) is 0 Å². The third-order valence-corrected chi connectivity index (χ3v) is 3.53. The molecule has 72 valence electrons. The van der Waals surface area contributed by atoms with E-state index in [2.05, 4.69) is 15.9 Å². The third kappa shape index (κ3) is 1.38. The summed E-state index contributed by atoms with van der Waals surface area (Å²) >= 11 is 4.50. The van der Waals surface area contributed by atoms with Crippen LogP contribution in [0.15, 0.2) is 22.7 Å². The van der Waals surface area contributed by atoms with Crippen LogP contribution in [0.2, 0.25) is 0 Å². The highest BCUT2D eigenvalue weighted by molar-refractivity contribution is 9.10. The maximum atomic E-state index is 11.0. The van der Waals surface area contributed by atoms with Crippen LogP contribution in [0.1, 0.15) is 10.4 Å². The summed E-state index contributed by atoms with van der Waals surface area (Å²) in [5, 5.41) is 10.5. The number of fused-ring (bicyclic) bond motifs is 1. The predicted molar refractivity (Wildman–Crippen MR) is 60.9 cm³/mol. The first-order chi connectivity index (χ1) is 6.59. The summed E-state index contributed by atoms with van der Waals surface area (Å²) in [5.41, 5.74) is 5.90. The van der Waals surface area contributed by atoms with E-state index in [9.17, 15) is 4.79 Å². The van der Waals surface area contributed by atoms with E-state index >= 15 is 0 Å². The first kappa shape index (κ1) is 9.48. The van der Waals surface area contributed by atoms with Gasteiger partial charge in [-0.15, -0.1) is 11.3 Å². The summed E-state index contributed by atoms with van der Waals surface area (Å²) in [6, 6.07) is 5.34. The van der Waals surface area contributed by atoms with E-state index in [0.29, 0.717) is 14.2 Å². The molecule has 1 aromatic heterocycles. The van der Waals surface area contributed by atoms with E-state index in [1.165, 1.54) is 11.3 Å². The minimum absolute atomic E-state index is 0.282. The van der Waals surface area contributed by atoms with Crippen molar-refractivity contribution in [1.82, 2.24) is 0 Å². The number of benzene rings is 1. The van der Waals surface area contributed by atoms with Crippen LogP contribution in [0, 0.1) is 0 Å². The maximum Gasteiger partial charge on any atom is 0.338 e. The standard InChI is InChI=1S/C9H6BrNO2S/c10-5-2-1-4-3-6(11)14-8(4)7(5)9(12)13/h1-3H,11H2,(H,12,13). The van der Waals surface area contributed by atoms with Gasteiger partial charge in [0.1, 0.15) is 0 Å². The van der Waals surface area contributed by atoms with Gasteiger partial charge in [-0.05, 0) is 33.4 Å². The van der Waals surface area contributed by atoms with Gasteiger partial charge >= 0.3 is 5.97 Å². The van der Waals surface area contributed by atoms with E-state index in [-0.39, 0.29) is 5.56 Å². The van der Waals surface area contributed by atoms with Gasteiger partial charge < -0.3 is 10.8 Å². The summed E-state index contributed by atoms with van der Waals surface area (Å²) in [6.07, 6.45) is 0. The van der Waals surface area contributed by atoms with Crippen molar-refractivity contribution >= 4 is 48.3 Å². The molecule has 0 saturated heterocycles. The van der Waals surface area contributed by atoms with Crippen LogP contribution < -0.4 is 5.73 Å². The molecule has 2 rings (SSSR count). The lowest BCUT2D eigenvalue weighted by atomic mass is 10.2. The van der Waals surface area contributed by atoms with E-state index < -0.39 is 5.97 Å². The zero-order chi connectivity index (χ0) is 10.3. The minimum Gasteiger partial charge on any atom is -0.478 e. The van der Waals surface area contributed by atoms with E-state index in [0.717, 1.165) is 5.39 Å². The Bertz CT molecular complexity index is 521. The Labute approximate surface area is 92.3 Å². The lowest BCUT2D eigenvalue weighted by Crippen LogP contribution is -1.97. The largest absolute Gasteiger partial charge is 0.478 e.